The van der Waals surface area contributed by atoms with Gasteiger partial charge in [-0.25, -0.2) is 8.78 Å². The number of amides is 1. The predicted octanol–water partition coefficient (Wildman–Crippen LogP) is 4.59. The number of ether oxygens (including phenoxy) is 2. The largest absolute Gasteiger partial charge is 0.496 e. The van der Waals surface area contributed by atoms with E-state index in [4.69, 9.17) is 9.47 Å². The third kappa shape index (κ3) is 5.68. The molecule has 0 saturated carbocycles. The van der Waals surface area contributed by atoms with Gasteiger partial charge in [0.1, 0.15) is 5.75 Å². The molecular weight excluding hydrogens is 527 g/mol. The molecule has 7 nitrogen and oxygen atoms in total. The molecule has 0 aliphatic carbocycles. The van der Waals surface area contributed by atoms with Gasteiger partial charge in [0.25, 0.3) is 11.5 Å². The Hall–Kier alpha value is -3.72. The van der Waals surface area contributed by atoms with Gasteiger partial charge in [-0.2, -0.15) is 18.4 Å². The van der Waals surface area contributed by atoms with E-state index < -0.39 is 52.2 Å². The summed E-state index contributed by atoms with van der Waals surface area (Å²) in [6, 6.07) is 9.48. The quantitative estimate of drug-likeness (QED) is 0.379. The third-order valence-electron chi connectivity index (χ3n) is 7.08. The van der Waals surface area contributed by atoms with Crippen LogP contribution in [0.4, 0.5) is 22.0 Å². The van der Waals surface area contributed by atoms with Gasteiger partial charge in [0.2, 0.25) is 0 Å². The Kier molecular flexibility index (Phi) is 8.85. The van der Waals surface area contributed by atoms with Crippen LogP contribution in [0.5, 0.6) is 5.75 Å². The number of carbonyl (C=O) groups is 2. The van der Waals surface area contributed by atoms with Crippen molar-refractivity contribution in [1.29, 1.82) is 5.26 Å². The highest BCUT2D eigenvalue weighted by Crippen LogP contribution is 2.50. The monoisotopic (exact) mass is 554 g/mol. The fourth-order valence-corrected chi connectivity index (χ4v) is 5.02. The van der Waals surface area contributed by atoms with E-state index in [0.717, 1.165) is 29.2 Å². The second-order valence-corrected chi connectivity index (χ2v) is 9.28. The number of nitriles is 1. The maximum absolute atomic E-state index is 14.2. The van der Waals surface area contributed by atoms with E-state index in [2.05, 4.69) is 0 Å². The Labute approximate surface area is 221 Å². The van der Waals surface area contributed by atoms with Crippen LogP contribution in [-0.2, 0) is 19.9 Å². The maximum atomic E-state index is 14.2. The molecule has 0 spiro atoms. The number of alkyl halides is 3. The van der Waals surface area contributed by atoms with Crippen LogP contribution >= 0.6 is 0 Å². The summed E-state index contributed by atoms with van der Waals surface area (Å²) in [6.45, 7) is 0.843. The van der Waals surface area contributed by atoms with Crippen LogP contribution in [0.2, 0.25) is 0 Å². The first-order valence-electron chi connectivity index (χ1n) is 12.1. The number of hydrogen-bond donors (Lipinski definition) is 1. The van der Waals surface area contributed by atoms with Crippen molar-refractivity contribution < 1.29 is 46.1 Å². The molecule has 1 heterocycles. The number of carbonyl (C=O) groups excluding carboxylic acids is 2. The molecule has 0 radical (unpaired) electrons. The fourth-order valence-electron chi connectivity index (χ4n) is 5.02. The number of rotatable bonds is 8. The molecule has 2 atom stereocenters. The van der Waals surface area contributed by atoms with Crippen LogP contribution in [0.3, 0.4) is 0 Å². The molecule has 39 heavy (non-hydrogen) atoms. The lowest BCUT2D eigenvalue weighted by Gasteiger charge is -2.45. The SMILES string of the molecule is CCOC(=O)CC1(C(C#N)c2cc(F)c(F)cc2OC)CCN(C(=O)[C@](O)(c2ccccc2)C(F)(F)F)CC1. The predicted molar refractivity (Wildman–Crippen MR) is 127 cm³/mol. The standard InChI is InChI=1S/C27H27F5N2O5/c1-3-39-23(35)15-25(19(16-33)18-13-20(28)21(29)14-22(18)38-2)9-11-34(12-10-25)24(36)26(37,27(30,31)32)17-7-5-4-6-8-17/h4-8,13-14,19,37H,3,9-12,15H2,1-2H3/t19?,26-/m1/s1. The number of likely N-dealkylation sites (tertiary alicyclic amines) is 1. The van der Waals surface area contributed by atoms with Crippen molar-refractivity contribution in [3.8, 4) is 11.8 Å². The van der Waals surface area contributed by atoms with Crippen LogP contribution in [-0.4, -0.2) is 54.9 Å². The number of halogens is 5. The van der Waals surface area contributed by atoms with Crippen molar-refractivity contribution in [2.75, 3.05) is 26.8 Å². The van der Waals surface area contributed by atoms with Gasteiger partial charge in [-0.1, -0.05) is 30.3 Å². The number of methoxy groups -OCH3 is 1. The summed E-state index contributed by atoms with van der Waals surface area (Å²) in [5.41, 5.74) is -5.88. The van der Waals surface area contributed by atoms with Crippen LogP contribution in [0.1, 0.15) is 43.2 Å². The Morgan fingerprint density at radius 3 is 2.23 bits per heavy atom. The van der Waals surface area contributed by atoms with Gasteiger partial charge >= 0.3 is 12.1 Å². The first-order chi connectivity index (χ1) is 18.3. The normalized spacial score (nSPS) is 17.5. The summed E-state index contributed by atoms with van der Waals surface area (Å²) in [6.07, 6.45) is -6.09. The topological polar surface area (TPSA) is 99.9 Å². The van der Waals surface area contributed by atoms with Gasteiger partial charge in [0.05, 0.1) is 32.1 Å². The molecule has 3 rings (SSSR count). The molecule has 12 heteroatoms. The van der Waals surface area contributed by atoms with E-state index in [1.807, 2.05) is 6.07 Å². The van der Waals surface area contributed by atoms with E-state index in [9.17, 15) is 41.9 Å². The summed E-state index contributed by atoms with van der Waals surface area (Å²) in [7, 11) is 1.19. The molecular formula is C27H27F5N2O5. The molecule has 1 aliphatic heterocycles. The minimum atomic E-state index is -5.35. The van der Waals surface area contributed by atoms with Crippen molar-refractivity contribution in [1.82, 2.24) is 4.90 Å². The summed E-state index contributed by atoms with van der Waals surface area (Å²) < 4.78 is 80.5. The second kappa shape index (κ2) is 11.6. The Morgan fingerprint density at radius 2 is 1.72 bits per heavy atom. The molecule has 1 saturated heterocycles. The van der Waals surface area contributed by atoms with Crippen molar-refractivity contribution in [2.24, 2.45) is 5.41 Å². The zero-order valence-electron chi connectivity index (χ0n) is 21.2. The molecule has 1 aliphatic rings. The van der Waals surface area contributed by atoms with E-state index in [-0.39, 0.29) is 50.3 Å². The zero-order chi connectivity index (χ0) is 29.0. The lowest BCUT2D eigenvalue weighted by atomic mass is 9.64. The third-order valence-corrected chi connectivity index (χ3v) is 7.08. The fraction of sp³-hybridized carbons (Fsp3) is 0.444. The number of esters is 1. The van der Waals surface area contributed by atoms with Gasteiger partial charge in [-0.3, -0.25) is 9.59 Å². The van der Waals surface area contributed by atoms with Gasteiger partial charge < -0.3 is 19.5 Å². The Morgan fingerprint density at radius 1 is 1.13 bits per heavy atom. The molecule has 210 valence electrons. The maximum Gasteiger partial charge on any atom is 0.430 e. The Balaban J connectivity index is 2.01. The first-order valence-corrected chi connectivity index (χ1v) is 12.1. The van der Waals surface area contributed by atoms with Crippen LogP contribution in [0.25, 0.3) is 0 Å². The lowest BCUT2D eigenvalue weighted by Crippen LogP contribution is -2.58. The average molecular weight is 555 g/mol. The highest BCUT2D eigenvalue weighted by Gasteiger charge is 2.62. The molecule has 1 fully saturated rings. The molecule has 0 bridgehead atoms. The molecule has 2 aromatic carbocycles. The number of piperidine rings is 1. The number of nitrogens with zero attached hydrogens (tertiary/aromatic N) is 2. The molecule has 0 aromatic heterocycles. The van der Waals surface area contributed by atoms with E-state index in [1.165, 1.54) is 25.3 Å². The molecule has 1 N–H and O–H groups in total. The number of benzene rings is 2. The lowest BCUT2D eigenvalue weighted by molar-refractivity contribution is -0.262. The Bertz CT molecular complexity index is 1240. The smallest absolute Gasteiger partial charge is 0.430 e. The van der Waals surface area contributed by atoms with Crippen molar-refractivity contribution in [3.05, 3.63) is 65.2 Å². The van der Waals surface area contributed by atoms with Gasteiger partial charge in [-0.15, -0.1) is 0 Å². The second-order valence-electron chi connectivity index (χ2n) is 9.28. The van der Waals surface area contributed by atoms with E-state index >= 15 is 0 Å². The number of aliphatic hydroxyl groups is 1. The minimum absolute atomic E-state index is 0.0148. The molecule has 1 unspecified atom stereocenters. The molecule has 1 amide bonds. The molecule has 2 aromatic rings. The van der Waals surface area contributed by atoms with Gasteiger partial charge in [0.15, 0.2) is 11.6 Å². The van der Waals surface area contributed by atoms with Gasteiger partial charge in [-0.05, 0) is 25.8 Å². The zero-order valence-corrected chi connectivity index (χ0v) is 21.2. The van der Waals surface area contributed by atoms with Crippen LogP contribution < -0.4 is 4.74 Å². The van der Waals surface area contributed by atoms with Crippen molar-refractivity contribution >= 4 is 11.9 Å². The highest BCUT2D eigenvalue weighted by atomic mass is 19.4. The van der Waals surface area contributed by atoms with E-state index in [1.54, 1.807) is 6.92 Å². The summed E-state index contributed by atoms with van der Waals surface area (Å²) in [5.74, 6) is -6.24. The summed E-state index contributed by atoms with van der Waals surface area (Å²) >= 11 is 0. The van der Waals surface area contributed by atoms with Crippen molar-refractivity contribution in [3.63, 3.8) is 0 Å². The minimum Gasteiger partial charge on any atom is -0.496 e. The van der Waals surface area contributed by atoms with Crippen LogP contribution in [0, 0.1) is 28.4 Å². The van der Waals surface area contributed by atoms with Crippen molar-refractivity contribution in [2.45, 2.75) is 43.9 Å². The highest BCUT2D eigenvalue weighted by molar-refractivity contribution is 5.87. The summed E-state index contributed by atoms with van der Waals surface area (Å²) in [5, 5.41) is 20.8. The van der Waals surface area contributed by atoms with Gasteiger partial charge in [0, 0.05) is 35.7 Å². The number of hydrogen-bond acceptors (Lipinski definition) is 6. The van der Waals surface area contributed by atoms with E-state index in [0.29, 0.717) is 0 Å². The average Bonchev–Trinajstić information content (AvgIpc) is 2.90. The summed E-state index contributed by atoms with van der Waals surface area (Å²) in [4.78, 5) is 26.6. The first kappa shape index (κ1) is 29.8. The van der Waals surface area contributed by atoms with Crippen LogP contribution in [0.15, 0.2) is 42.5 Å².